The minimum atomic E-state index is -3.13. The lowest BCUT2D eigenvalue weighted by Crippen LogP contribution is -1.94. The van der Waals surface area contributed by atoms with E-state index in [4.69, 9.17) is 31.7 Å². The lowest BCUT2D eigenvalue weighted by molar-refractivity contribution is 0.405. The highest BCUT2D eigenvalue weighted by Crippen LogP contribution is 2.21. The Labute approximate surface area is 87.5 Å². The van der Waals surface area contributed by atoms with Crippen molar-refractivity contribution in [2.45, 2.75) is 0 Å². The van der Waals surface area contributed by atoms with Crippen LogP contribution in [-0.4, -0.2) is 16.8 Å². The first-order valence-corrected chi connectivity index (χ1v) is 5.30. The highest BCUT2D eigenvalue weighted by molar-refractivity contribution is 7.30. The van der Waals surface area contributed by atoms with Gasteiger partial charge in [-0.1, -0.05) is 11.6 Å². The second kappa shape index (κ2) is 6.68. The summed E-state index contributed by atoms with van der Waals surface area (Å²) >= 11 is 5.67. The molecule has 0 aromatic heterocycles. The van der Waals surface area contributed by atoms with E-state index in [9.17, 15) is 0 Å². The lowest BCUT2D eigenvalue weighted by atomic mass is 10.3. The highest BCUT2D eigenvalue weighted by Gasteiger charge is 1.94. The molecule has 0 saturated carbocycles. The number of nitrogen functional groups attached to an aromatic ring is 1. The van der Waals surface area contributed by atoms with Crippen LogP contribution in [0.3, 0.4) is 0 Å². The van der Waals surface area contributed by atoms with Gasteiger partial charge in [0, 0.05) is 12.1 Å². The van der Waals surface area contributed by atoms with Crippen molar-refractivity contribution in [3.05, 3.63) is 23.2 Å². The van der Waals surface area contributed by atoms with Crippen molar-refractivity contribution in [2.24, 2.45) is 0 Å². The Morgan fingerprint density at radius 3 is 2.36 bits per heavy atom. The van der Waals surface area contributed by atoms with Crippen LogP contribution in [0.2, 0.25) is 5.02 Å². The summed E-state index contributed by atoms with van der Waals surface area (Å²) in [5.74, 6) is 0. The zero-order valence-electron chi connectivity index (χ0n) is 7.49. The maximum Gasteiger partial charge on any atom is 0.314 e. The summed E-state index contributed by atoms with van der Waals surface area (Å²) < 4.78 is 8.74. The van der Waals surface area contributed by atoms with Crippen LogP contribution in [0.5, 0.6) is 0 Å². The predicted molar refractivity (Wildman–Crippen MR) is 58.9 cm³/mol. The molecule has 7 heteroatoms. The van der Waals surface area contributed by atoms with Gasteiger partial charge in [0.05, 0.1) is 11.4 Å². The monoisotopic (exact) mass is 238 g/mol. The van der Waals surface area contributed by atoms with E-state index in [1.807, 2.05) is 13.1 Å². The van der Waals surface area contributed by atoms with Crippen LogP contribution in [0.1, 0.15) is 0 Å². The molecule has 1 aromatic rings. The summed E-state index contributed by atoms with van der Waals surface area (Å²) in [5, 5.41) is 3.60. The molecule has 5 nitrogen and oxygen atoms in total. The smallest absolute Gasteiger partial charge is 0.314 e. The number of benzene rings is 1. The number of anilines is 2. The summed E-state index contributed by atoms with van der Waals surface area (Å²) in [6.07, 6.45) is 0. The highest BCUT2D eigenvalue weighted by atomic mass is 35.5. The molecule has 1 rings (SSSR count). The Morgan fingerprint density at radius 2 is 2.00 bits per heavy atom. The van der Waals surface area contributed by atoms with E-state index in [1.54, 1.807) is 12.1 Å². The van der Waals surface area contributed by atoms with Gasteiger partial charge in [0.25, 0.3) is 0 Å². The molecule has 0 radical (unpaired) electrons. The standard InChI is InChI=1S/C7H9ClN2.H3O3P/c1-10-7-3-2-5(8)4-6(7)9;1-4(2)3/h2-4,10H,9H2,1H3;4H,(H2,1,2,3). The average Bonchev–Trinajstić information content (AvgIpc) is 2.03. The van der Waals surface area contributed by atoms with Crippen molar-refractivity contribution in [3.8, 4) is 0 Å². The number of hydrogen-bond acceptors (Lipinski definition) is 3. The number of hydrogen-bond donors (Lipinski definition) is 4. The SMILES string of the molecule is CNc1ccc(Cl)cc1N.O=[PH](O)O. The van der Waals surface area contributed by atoms with Gasteiger partial charge in [-0.2, -0.15) is 0 Å². The second-order valence-electron chi connectivity index (χ2n) is 2.26. The zero-order chi connectivity index (χ0) is 11.1. The lowest BCUT2D eigenvalue weighted by Gasteiger charge is -2.03. The molecule has 0 aliphatic heterocycles. The van der Waals surface area contributed by atoms with E-state index in [1.165, 1.54) is 0 Å². The van der Waals surface area contributed by atoms with Crippen molar-refractivity contribution in [2.75, 3.05) is 18.1 Å². The minimum absolute atomic E-state index is 0.663. The number of nitrogens with two attached hydrogens (primary N) is 1. The van der Waals surface area contributed by atoms with E-state index >= 15 is 0 Å². The molecule has 0 bridgehead atoms. The van der Waals surface area contributed by atoms with Gasteiger partial charge in [0.1, 0.15) is 0 Å². The normalized spacial score (nSPS) is 9.21. The molecular formula is C7H12ClN2O3P. The van der Waals surface area contributed by atoms with Gasteiger partial charge in [-0.25, -0.2) is 0 Å². The fourth-order valence-electron chi connectivity index (χ4n) is 0.761. The van der Waals surface area contributed by atoms with Gasteiger partial charge in [0.15, 0.2) is 0 Å². The summed E-state index contributed by atoms with van der Waals surface area (Å²) in [4.78, 5) is 14.3. The van der Waals surface area contributed by atoms with Gasteiger partial charge in [-0.15, -0.1) is 0 Å². The van der Waals surface area contributed by atoms with E-state index in [0.717, 1.165) is 5.69 Å². The quantitative estimate of drug-likeness (QED) is 0.437. The third-order valence-electron chi connectivity index (χ3n) is 1.28. The van der Waals surface area contributed by atoms with E-state index in [2.05, 4.69) is 5.32 Å². The summed E-state index contributed by atoms with van der Waals surface area (Å²) in [6.45, 7) is 0. The van der Waals surface area contributed by atoms with Crippen LogP contribution in [0, 0.1) is 0 Å². The fourth-order valence-corrected chi connectivity index (χ4v) is 0.942. The van der Waals surface area contributed by atoms with Crippen LogP contribution in [0.4, 0.5) is 11.4 Å². The van der Waals surface area contributed by atoms with Crippen LogP contribution < -0.4 is 11.1 Å². The van der Waals surface area contributed by atoms with Gasteiger partial charge >= 0.3 is 8.25 Å². The number of rotatable bonds is 1. The molecule has 0 aliphatic carbocycles. The first-order valence-electron chi connectivity index (χ1n) is 3.62. The third-order valence-corrected chi connectivity index (χ3v) is 1.52. The summed E-state index contributed by atoms with van der Waals surface area (Å²) in [5.41, 5.74) is 7.17. The van der Waals surface area contributed by atoms with E-state index < -0.39 is 8.25 Å². The molecular weight excluding hydrogens is 227 g/mol. The molecule has 0 spiro atoms. The largest absolute Gasteiger partial charge is 0.397 e. The number of nitrogens with one attached hydrogen (secondary N) is 1. The van der Waals surface area contributed by atoms with Gasteiger partial charge in [-0.05, 0) is 18.2 Å². The maximum absolute atomic E-state index is 8.74. The molecule has 0 atom stereocenters. The molecule has 0 amide bonds. The first kappa shape index (κ1) is 13.3. The Bertz CT molecular complexity index is 318. The van der Waals surface area contributed by atoms with Crippen molar-refractivity contribution >= 4 is 31.2 Å². The topological polar surface area (TPSA) is 95.6 Å². The first-order chi connectivity index (χ1) is 6.47. The van der Waals surface area contributed by atoms with Crippen LogP contribution in [-0.2, 0) is 4.57 Å². The Hall–Kier alpha value is -0.740. The van der Waals surface area contributed by atoms with Crippen molar-refractivity contribution in [3.63, 3.8) is 0 Å². The molecule has 0 saturated heterocycles. The average molecular weight is 239 g/mol. The van der Waals surface area contributed by atoms with E-state index in [-0.39, 0.29) is 0 Å². The molecule has 0 aliphatic rings. The molecule has 1 aromatic carbocycles. The Morgan fingerprint density at radius 1 is 1.50 bits per heavy atom. The van der Waals surface area contributed by atoms with E-state index in [0.29, 0.717) is 10.7 Å². The molecule has 5 N–H and O–H groups in total. The van der Waals surface area contributed by atoms with Crippen LogP contribution in [0.15, 0.2) is 18.2 Å². The Balaban J connectivity index is 0.000000364. The molecule has 14 heavy (non-hydrogen) atoms. The van der Waals surface area contributed by atoms with Crippen molar-refractivity contribution in [1.82, 2.24) is 0 Å². The van der Waals surface area contributed by atoms with Gasteiger partial charge < -0.3 is 20.8 Å². The van der Waals surface area contributed by atoms with Crippen LogP contribution in [0.25, 0.3) is 0 Å². The molecule has 0 heterocycles. The number of halogens is 1. The second-order valence-corrected chi connectivity index (χ2v) is 3.27. The fraction of sp³-hybridized carbons (Fsp3) is 0.143. The molecule has 80 valence electrons. The zero-order valence-corrected chi connectivity index (χ0v) is 9.25. The van der Waals surface area contributed by atoms with Crippen molar-refractivity contribution in [1.29, 1.82) is 0 Å². The summed E-state index contributed by atoms with van der Waals surface area (Å²) in [6, 6.07) is 5.36. The minimum Gasteiger partial charge on any atom is -0.397 e. The predicted octanol–water partition coefficient (Wildman–Crippen LogP) is 1.32. The van der Waals surface area contributed by atoms with Gasteiger partial charge in [-0.3, -0.25) is 4.57 Å². The third kappa shape index (κ3) is 5.83. The molecule has 0 unspecified atom stereocenters. The maximum atomic E-state index is 8.74. The Kier molecular flexibility index (Phi) is 6.32. The van der Waals surface area contributed by atoms with Crippen LogP contribution >= 0.6 is 19.9 Å². The summed E-state index contributed by atoms with van der Waals surface area (Å²) in [7, 11) is -1.31. The molecule has 0 fully saturated rings. The van der Waals surface area contributed by atoms with Gasteiger partial charge in [0.2, 0.25) is 0 Å². The van der Waals surface area contributed by atoms with Crippen molar-refractivity contribution < 1.29 is 14.4 Å².